The third kappa shape index (κ3) is 4.12. The van der Waals surface area contributed by atoms with Crippen LogP contribution in [0.2, 0.25) is 0 Å². The van der Waals surface area contributed by atoms with E-state index in [1.165, 1.54) is 31.4 Å². The number of nitrogens with zero attached hydrogens (tertiary/aromatic N) is 1. The number of ketones is 1. The number of aromatic nitrogens is 1. The van der Waals surface area contributed by atoms with Gasteiger partial charge in [0.15, 0.2) is 11.3 Å². The minimum absolute atomic E-state index is 0.0244. The highest BCUT2D eigenvalue weighted by atomic mass is 16.3. The van der Waals surface area contributed by atoms with Crippen LogP contribution in [-0.2, 0) is 5.41 Å². The van der Waals surface area contributed by atoms with Crippen molar-refractivity contribution in [2.24, 2.45) is 11.3 Å². The molecule has 0 saturated heterocycles. The van der Waals surface area contributed by atoms with E-state index in [-0.39, 0.29) is 17.1 Å². The van der Waals surface area contributed by atoms with Crippen LogP contribution in [0.1, 0.15) is 108 Å². The van der Waals surface area contributed by atoms with Crippen molar-refractivity contribution in [1.29, 1.82) is 0 Å². The molecule has 27 heavy (non-hydrogen) atoms. The maximum Gasteiger partial charge on any atom is 0.200 e. The molecule has 1 aliphatic rings. The minimum atomic E-state index is -0.0571. The smallest absolute Gasteiger partial charge is 0.200 e. The first-order valence-corrected chi connectivity index (χ1v) is 10.5. The van der Waals surface area contributed by atoms with E-state index in [4.69, 9.17) is 9.40 Å². The van der Waals surface area contributed by atoms with Gasteiger partial charge in [-0.15, -0.1) is 0 Å². The highest BCUT2D eigenvalue weighted by Crippen LogP contribution is 2.43. The lowest BCUT2D eigenvalue weighted by Crippen LogP contribution is -2.21. The van der Waals surface area contributed by atoms with E-state index in [1.807, 2.05) is 19.9 Å². The summed E-state index contributed by atoms with van der Waals surface area (Å²) in [5, 5.41) is 0. The van der Waals surface area contributed by atoms with Gasteiger partial charge in [0, 0.05) is 29.2 Å². The first-order chi connectivity index (χ1) is 12.5. The lowest BCUT2D eigenvalue weighted by atomic mass is 9.72. The maximum absolute atomic E-state index is 12.6. The number of fused-ring (bicyclic) bond motifs is 1. The summed E-state index contributed by atoms with van der Waals surface area (Å²) in [6, 6.07) is 4.11. The summed E-state index contributed by atoms with van der Waals surface area (Å²) in [6.07, 6.45) is 5.67. The van der Waals surface area contributed by atoms with E-state index < -0.39 is 0 Å². The Morgan fingerprint density at radius 2 is 1.89 bits per heavy atom. The van der Waals surface area contributed by atoms with Crippen molar-refractivity contribution in [3.05, 3.63) is 29.2 Å². The topological polar surface area (TPSA) is 43.1 Å². The molecule has 3 nitrogen and oxygen atoms in total. The van der Waals surface area contributed by atoms with Crippen LogP contribution in [0.4, 0.5) is 0 Å². The van der Waals surface area contributed by atoms with E-state index in [0.29, 0.717) is 17.1 Å². The highest BCUT2D eigenvalue weighted by Gasteiger charge is 2.31. The molecule has 1 aliphatic carbocycles. The summed E-state index contributed by atoms with van der Waals surface area (Å²) in [5.41, 5.74) is 4.35. The van der Waals surface area contributed by atoms with E-state index in [0.717, 1.165) is 23.1 Å². The van der Waals surface area contributed by atoms with Gasteiger partial charge >= 0.3 is 0 Å². The van der Waals surface area contributed by atoms with Crippen molar-refractivity contribution in [2.45, 2.75) is 91.9 Å². The predicted molar refractivity (Wildman–Crippen MR) is 111 cm³/mol. The van der Waals surface area contributed by atoms with E-state index in [2.05, 4.69) is 40.7 Å². The van der Waals surface area contributed by atoms with Crippen LogP contribution in [0.3, 0.4) is 0 Å². The summed E-state index contributed by atoms with van der Waals surface area (Å²) < 4.78 is 6.07. The summed E-state index contributed by atoms with van der Waals surface area (Å²) in [7, 11) is 0. The second-order valence-corrected chi connectivity index (χ2v) is 10.3. The molecule has 1 unspecified atom stereocenters. The molecule has 0 aliphatic heterocycles. The van der Waals surface area contributed by atoms with Gasteiger partial charge in [0.2, 0.25) is 5.78 Å². The zero-order chi connectivity index (χ0) is 20.0. The Bertz CT molecular complexity index is 828. The van der Waals surface area contributed by atoms with Crippen molar-refractivity contribution in [1.82, 2.24) is 4.98 Å². The molecule has 1 saturated carbocycles. The molecular weight excluding hydrogens is 334 g/mol. The van der Waals surface area contributed by atoms with Gasteiger partial charge in [0.25, 0.3) is 0 Å². The Labute approximate surface area is 163 Å². The number of pyridine rings is 1. The molecule has 2 aromatic rings. The van der Waals surface area contributed by atoms with Gasteiger partial charge in [-0.05, 0) is 49.0 Å². The number of hydrogen-bond donors (Lipinski definition) is 0. The molecule has 148 valence electrons. The third-order valence-electron chi connectivity index (χ3n) is 6.37. The quantitative estimate of drug-likeness (QED) is 0.543. The predicted octanol–water partition coefficient (Wildman–Crippen LogP) is 7.04. The van der Waals surface area contributed by atoms with Crippen LogP contribution in [0.5, 0.6) is 0 Å². The third-order valence-corrected chi connectivity index (χ3v) is 6.37. The van der Waals surface area contributed by atoms with Crippen LogP contribution < -0.4 is 0 Å². The van der Waals surface area contributed by atoms with Gasteiger partial charge in [-0.25, -0.2) is 4.98 Å². The zero-order valence-corrected chi connectivity index (χ0v) is 18.1. The zero-order valence-electron chi connectivity index (χ0n) is 18.1. The molecule has 3 rings (SSSR count). The monoisotopic (exact) mass is 369 g/mol. The van der Waals surface area contributed by atoms with Gasteiger partial charge in [-0.1, -0.05) is 48.5 Å². The molecule has 2 aromatic heterocycles. The van der Waals surface area contributed by atoms with E-state index in [1.54, 1.807) is 0 Å². The standard InChI is InChI=1S/C24H35NO2/c1-8-15(2)21(26)20-14-19-22(27-20)17(23(3,4)5)13-18(25-19)16-9-11-24(6,7)12-10-16/h13-16H,8-12H2,1-7H3. The van der Waals surface area contributed by atoms with Crippen LogP contribution >= 0.6 is 0 Å². The van der Waals surface area contributed by atoms with Crippen LogP contribution in [0, 0.1) is 11.3 Å². The fourth-order valence-electron chi connectivity index (χ4n) is 4.05. The SMILES string of the molecule is CCC(C)C(=O)c1cc2nc(C3CCC(C)(C)CC3)cc(C(C)(C)C)c2o1. The normalized spacial score (nSPS) is 19.4. The Hall–Kier alpha value is -1.64. The maximum atomic E-state index is 12.6. The number of carbonyl (C=O) groups is 1. The molecule has 0 bridgehead atoms. The summed E-state index contributed by atoms with van der Waals surface area (Å²) in [6.45, 7) is 15.3. The Kier molecular flexibility index (Phi) is 5.26. The number of furan rings is 1. The first-order valence-electron chi connectivity index (χ1n) is 10.5. The Balaban J connectivity index is 2.06. The fourth-order valence-corrected chi connectivity index (χ4v) is 4.05. The molecule has 1 atom stereocenters. The Morgan fingerprint density at radius 1 is 1.26 bits per heavy atom. The van der Waals surface area contributed by atoms with Crippen molar-refractivity contribution in [3.63, 3.8) is 0 Å². The largest absolute Gasteiger partial charge is 0.451 e. The fraction of sp³-hybridized carbons (Fsp3) is 0.667. The van der Waals surface area contributed by atoms with Gasteiger partial charge in [-0.2, -0.15) is 0 Å². The molecule has 0 spiro atoms. The number of carbonyl (C=O) groups excluding carboxylic acids is 1. The average molecular weight is 370 g/mol. The summed E-state index contributed by atoms with van der Waals surface area (Å²) in [4.78, 5) is 17.6. The first kappa shape index (κ1) is 20.1. The van der Waals surface area contributed by atoms with E-state index in [9.17, 15) is 4.79 Å². The lowest BCUT2D eigenvalue weighted by molar-refractivity contribution is 0.0901. The second-order valence-electron chi connectivity index (χ2n) is 10.3. The molecule has 3 heteroatoms. The van der Waals surface area contributed by atoms with Crippen molar-refractivity contribution < 1.29 is 9.21 Å². The summed E-state index contributed by atoms with van der Waals surface area (Å²) in [5.74, 6) is 1.02. The van der Waals surface area contributed by atoms with Gasteiger partial charge < -0.3 is 4.42 Å². The van der Waals surface area contributed by atoms with Gasteiger partial charge in [0.1, 0.15) is 5.52 Å². The molecule has 1 fully saturated rings. The number of Topliss-reactive ketones (excluding diaryl/α,β-unsaturated/α-hetero) is 1. The van der Waals surface area contributed by atoms with Gasteiger partial charge in [-0.3, -0.25) is 4.79 Å². The van der Waals surface area contributed by atoms with E-state index >= 15 is 0 Å². The Morgan fingerprint density at radius 3 is 2.44 bits per heavy atom. The minimum Gasteiger partial charge on any atom is -0.451 e. The second kappa shape index (κ2) is 7.07. The van der Waals surface area contributed by atoms with Crippen molar-refractivity contribution in [3.8, 4) is 0 Å². The number of rotatable bonds is 4. The van der Waals surface area contributed by atoms with Crippen molar-refractivity contribution in [2.75, 3.05) is 0 Å². The lowest BCUT2D eigenvalue weighted by Gasteiger charge is -2.34. The van der Waals surface area contributed by atoms with Crippen molar-refractivity contribution >= 4 is 16.9 Å². The average Bonchev–Trinajstić information content (AvgIpc) is 3.02. The van der Waals surface area contributed by atoms with Crippen LogP contribution in [0.15, 0.2) is 16.5 Å². The van der Waals surface area contributed by atoms with Crippen LogP contribution in [0.25, 0.3) is 11.1 Å². The molecule has 0 amide bonds. The summed E-state index contributed by atoms with van der Waals surface area (Å²) >= 11 is 0. The van der Waals surface area contributed by atoms with Gasteiger partial charge in [0.05, 0.1) is 0 Å². The number of hydrogen-bond acceptors (Lipinski definition) is 3. The molecule has 2 heterocycles. The molecule has 0 N–H and O–H groups in total. The molecular formula is C24H35NO2. The molecule has 0 radical (unpaired) electrons. The highest BCUT2D eigenvalue weighted by molar-refractivity contribution is 5.98. The molecule has 0 aromatic carbocycles. The van der Waals surface area contributed by atoms with Crippen LogP contribution in [-0.4, -0.2) is 10.8 Å².